The van der Waals surface area contributed by atoms with Crippen LogP contribution in [0.25, 0.3) is 11.0 Å². The fraction of sp³-hybridized carbons (Fsp3) is 0.412. The maximum absolute atomic E-state index is 12.6. The second kappa shape index (κ2) is 6.49. The lowest BCUT2D eigenvalue weighted by Gasteiger charge is -2.27. The molecule has 0 aromatic carbocycles. The van der Waals surface area contributed by atoms with Crippen molar-refractivity contribution in [3.63, 3.8) is 0 Å². The minimum absolute atomic E-state index is 0.00795. The van der Waals surface area contributed by atoms with Crippen molar-refractivity contribution in [3.8, 4) is 0 Å². The summed E-state index contributed by atoms with van der Waals surface area (Å²) in [5.74, 6) is 0.871. The number of aromatic amines is 1. The molecule has 2 aliphatic rings. The Morgan fingerprint density at radius 3 is 3.17 bits per heavy atom. The van der Waals surface area contributed by atoms with E-state index in [1.807, 2.05) is 24.5 Å². The van der Waals surface area contributed by atoms with Gasteiger partial charge in [-0.3, -0.25) is 4.79 Å². The maximum atomic E-state index is 12.6. The van der Waals surface area contributed by atoms with Crippen molar-refractivity contribution in [2.24, 2.45) is 5.73 Å². The fourth-order valence-electron chi connectivity index (χ4n) is 3.42. The van der Waals surface area contributed by atoms with Gasteiger partial charge >= 0.3 is 0 Å². The van der Waals surface area contributed by atoms with Gasteiger partial charge in [-0.25, -0.2) is 4.98 Å². The average Bonchev–Trinajstić information content (AvgIpc) is 3.24. The number of nitrogens with zero attached hydrogens (tertiary/aromatic N) is 2. The quantitative estimate of drug-likeness (QED) is 0.793. The summed E-state index contributed by atoms with van der Waals surface area (Å²) in [7, 11) is 0. The number of nitrogens with two attached hydrogens (primary N) is 1. The van der Waals surface area contributed by atoms with Crippen LogP contribution < -0.4 is 16.0 Å². The van der Waals surface area contributed by atoms with Gasteiger partial charge in [-0.15, -0.1) is 11.8 Å². The van der Waals surface area contributed by atoms with Crippen molar-refractivity contribution in [2.45, 2.75) is 31.3 Å². The Balaban J connectivity index is 1.56. The number of carbonyl (C=O) groups is 1. The van der Waals surface area contributed by atoms with Gasteiger partial charge in [0.05, 0.1) is 10.6 Å². The molecule has 0 spiro atoms. The highest BCUT2D eigenvalue weighted by molar-refractivity contribution is 8.04. The first-order valence-corrected chi connectivity index (χ1v) is 9.31. The lowest BCUT2D eigenvalue weighted by atomic mass is 10.2. The van der Waals surface area contributed by atoms with E-state index in [2.05, 4.69) is 20.2 Å². The van der Waals surface area contributed by atoms with Crippen LogP contribution in [0.3, 0.4) is 0 Å². The van der Waals surface area contributed by atoms with E-state index in [1.54, 1.807) is 18.0 Å². The number of anilines is 1. The standard InChI is InChI=1S/C17H21N5OS/c18-12-2-1-3-13(12)21-17(23)15-10-22(8-9-24-15)14-5-7-20-16-11(14)4-6-19-16/h4-7,10,12-13H,1-3,8-9,18H2,(H,19,20)(H,21,23)/t12-,13+/m0/s1. The number of rotatable bonds is 3. The molecule has 3 heterocycles. The van der Waals surface area contributed by atoms with Crippen LogP contribution in [0, 0.1) is 0 Å². The summed E-state index contributed by atoms with van der Waals surface area (Å²) in [6.45, 7) is 0.870. The third-order valence-corrected chi connectivity index (χ3v) is 5.71. The number of nitrogens with one attached hydrogen (secondary N) is 2. The lowest BCUT2D eigenvalue weighted by Crippen LogP contribution is -2.44. The van der Waals surface area contributed by atoms with E-state index < -0.39 is 0 Å². The van der Waals surface area contributed by atoms with Crippen molar-refractivity contribution in [3.05, 3.63) is 35.6 Å². The van der Waals surface area contributed by atoms with Gasteiger partial charge < -0.3 is 20.9 Å². The van der Waals surface area contributed by atoms with Crippen molar-refractivity contribution in [1.82, 2.24) is 15.3 Å². The minimum Gasteiger partial charge on any atom is -0.347 e. The van der Waals surface area contributed by atoms with Crippen molar-refractivity contribution < 1.29 is 4.79 Å². The van der Waals surface area contributed by atoms with Crippen molar-refractivity contribution in [1.29, 1.82) is 0 Å². The number of fused-ring (bicyclic) bond motifs is 1. The van der Waals surface area contributed by atoms with Crippen LogP contribution in [0.5, 0.6) is 0 Å². The van der Waals surface area contributed by atoms with E-state index in [4.69, 9.17) is 5.73 Å². The molecule has 1 aliphatic carbocycles. The van der Waals surface area contributed by atoms with E-state index in [0.717, 1.165) is 53.2 Å². The number of thioether (sulfide) groups is 1. The normalized spacial score (nSPS) is 24.2. The molecule has 6 nitrogen and oxygen atoms in total. The van der Waals surface area contributed by atoms with Gasteiger partial charge in [0.1, 0.15) is 5.65 Å². The number of H-pyrrole nitrogens is 1. The van der Waals surface area contributed by atoms with Gasteiger partial charge in [-0.1, -0.05) is 0 Å². The predicted molar refractivity (Wildman–Crippen MR) is 97.7 cm³/mol. The average molecular weight is 343 g/mol. The molecule has 1 fully saturated rings. The summed E-state index contributed by atoms with van der Waals surface area (Å²) in [6.07, 6.45) is 8.69. The molecule has 1 saturated carbocycles. The van der Waals surface area contributed by atoms with Gasteiger partial charge in [0.15, 0.2) is 0 Å². The van der Waals surface area contributed by atoms with Gasteiger partial charge in [-0.05, 0) is 31.4 Å². The Morgan fingerprint density at radius 1 is 1.42 bits per heavy atom. The Morgan fingerprint density at radius 2 is 2.33 bits per heavy atom. The van der Waals surface area contributed by atoms with Gasteiger partial charge in [0.25, 0.3) is 5.91 Å². The summed E-state index contributed by atoms with van der Waals surface area (Å²) in [4.78, 5) is 22.9. The highest BCUT2D eigenvalue weighted by atomic mass is 32.2. The Kier molecular flexibility index (Phi) is 4.20. The number of carbonyl (C=O) groups excluding carboxylic acids is 1. The van der Waals surface area contributed by atoms with Gasteiger partial charge in [0.2, 0.25) is 0 Å². The lowest BCUT2D eigenvalue weighted by molar-refractivity contribution is -0.117. The molecule has 4 N–H and O–H groups in total. The Hall–Kier alpha value is -1.99. The Labute approximate surface area is 144 Å². The van der Waals surface area contributed by atoms with E-state index in [1.165, 1.54) is 0 Å². The summed E-state index contributed by atoms with van der Waals surface area (Å²) in [5, 5.41) is 4.17. The number of amides is 1. The van der Waals surface area contributed by atoms with Crippen LogP contribution in [-0.2, 0) is 4.79 Å². The van der Waals surface area contributed by atoms with Crippen LogP contribution in [0.15, 0.2) is 35.6 Å². The number of hydrogen-bond donors (Lipinski definition) is 3. The molecule has 24 heavy (non-hydrogen) atoms. The first kappa shape index (κ1) is 15.5. The minimum atomic E-state index is -0.00795. The second-order valence-corrected chi connectivity index (χ2v) is 7.42. The van der Waals surface area contributed by atoms with Gasteiger partial charge in [0, 0.05) is 48.4 Å². The third-order valence-electron chi connectivity index (χ3n) is 4.72. The van der Waals surface area contributed by atoms with E-state index in [9.17, 15) is 4.79 Å². The van der Waals surface area contributed by atoms with E-state index >= 15 is 0 Å². The molecule has 4 rings (SSSR count). The monoisotopic (exact) mass is 343 g/mol. The summed E-state index contributed by atoms with van der Waals surface area (Å²) >= 11 is 1.60. The first-order valence-electron chi connectivity index (χ1n) is 8.32. The molecule has 7 heteroatoms. The molecular formula is C17H21N5OS. The molecule has 2 atom stereocenters. The van der Waals surface area contributed by atoms with Crippen LogP contribution in [0.4, 0.5) is 5.69 Å². The summed E-state index contributed by atoms with van der Waals surface area (Å²) < 4.78 is 0. The molecule has 0 unspecified atom stereocenters. The molecule has 1 amide bonds. The van der Waals surface area contributed by atoms with Crippen LogP contribution >= 0.6 is 11.8 Å². The van der Waals surface area contributed by atoms with Crippen LogP contribution in [0.2, 0.25) is 0 Å². The highest BCUT2D eigenvalue weighted by Crippen LogP contribution is 2.30. The SMILES string of the molecule is N[C@H]1CCC[C@H]1NC(=O)C1=CN(c2ccnc3[nH]ccc23)CCS1. The number of aromatic nitrogens is 2. The molecular weight excluding hydrogens is 322 g/mol. The molecule has 1 aliphatic heterocycles. The topological polar surface area (TPSA) is 87.0 Å². The van der Waals surface area contributed by atoms with Crippen molar-refractivity contribution >= 4 is 34.4 Å². The molecule has 126 valence electrons. The predicted octanol–water partition coefficient (Wildman–Crippen LogP) is 1.95. The van der Waals surface area contributed by atoms with Crippen LogP contribution in [-0.4, -0.2) is 40.3 Å². The van der Waals surface area contributed by atoms with E-state index in [0.29, 0.717) is 0 Å². The number of hydrogen-bond acceptors (Lipinski definition) is 5. The zero-order valence-electron chi connectivity index (χ0n) is 13.4. The zero-order chi connectivity index (χ0) is 16.5. The molecule has 0 saturated heterocycles. The summed E-state index contributed by atoms with van der Waals surface area (Å²) in [5.41, 5.74) is 8.00. The first-order chi connectivity index (χ1) is 11.7. The maximum Gasteiger partial charge on any atom is 0.259 e. The second-order valence-electron chi connectivity index (χ2n) is 6.28. The molecule has 2 aromatic rings. The molecule has 0 radical (unpaired) electrons. The number of pyridine rings is 1. The zero-order valence-corrected chi connectivity index (χ0v) is 14.2. The summed E-state index contributed by atoms with van der Waals surface area (Å²) in [6, 6.07) is 4.20. The third kappa shape index (κ3) is 2.89. The Bertz CT molecular complexity index is 786. The molecule has 2 aromatic heterocycles. The largest absolute Gasteiger partial charge is 0.347 e. The van der Waals surface area contributed by atoms with Gasteiger partial charge in [-0.2, -0.15) is 0 Å². The van der Waals surface area contributed by atoms with Crippen LogP contribution in [0.1, 0.15) is 19.3 Å². The van der Waals surface area contributed by atoms with E-state index in [-0.39, 0.29) is 18.0 Å². The highest BCUT2D eigenvalue weighted by Gasteiger charge is 2.27. The van der Waals surface area contributed by atoms with Crippen molar-refractivity contribution in [2.75, 3.05) is 17.2 Å². The molecule has 0 bridgehead atoms. The smallest absolute Gasteiger partial charge is 0.259 e. The fourth-order valence-corrected chi connectivity index (χ4v) is 4.32.